The highest BCUT2D eigenvalue weighted by Crippen LogP contribution is 2.11. The van der Waals surface area contributed by atoms with E-state index in [1.54, 1.807) is 10.5 Å². The fourth-order valence-electron chi connectivity index (χ4n) is 1.20. The van der Waals surface area contributed by atoms with Crippen LogP contribution in [0.1, 0.15) is 11.4 Å². The van der Waals surface area contributed by atoms with Gasteiger partial charge in [-0.25, -0.2) is 9.97 Å². The Bertz CT molecular complexity index is 505. The van der Waals surface area contributed by atoms with Crippen LogP contribution < -0.4 is 5.73 Å². The summed E-state index contributed by atoms with van der Waals surface area (Å²) in [5.74, 6) is 0.538. The van der Waals surface area contributed by atoms with Gasteiger partial charge >= 0.3 is 0 Å². The fourth-order valence-corrected chi connectivity index (χ4v) is 1.20. The third-order valence-electron chi connectivity index (χ3n) is 1.77. The first-order chi connectivity index (χ1) is 6.22. The molecule has 0 saturated carbocycles. The van der Waals surface area contributed by atoms with Crippen molar-refractivity contribution in [3.63, 3.8) is 0 Å². The predicted molar refractivity (Wildman–Crippen MR) is 46.9 cm³/mol. The lowest BCUT2D eigenvalue weighted by atomic mass is 10.4. The summed E-state index contributed by atoms with van der Waals surface area (Å²) in [6.07, 6.45) is 1.50. The maximum atomic E-state index is 8.70. The van der Waals surface area contributed by atoms with Gasteiger partial charge in [-0.3, -0.25) is 4.40 Å². The van der Waals surface area contributed by atoms with E-state index in [2.05, 4.69) is 9.97 Å². The molecule has 2 rings (SSSR count). The van der Waals surface area contributed by atoms with Crippen molar-refractivity contribution in [3.8, 4) is 6.07 Å². The highest BCUT2D eigenvalue weighted by molar-refractivity contribution is 5.56. The minimum atomic E-state index is 0.301. The third kappa shape index (κ3) is 0.999. The summed E-state index contributed by atoms with van der Waals surface area (Å²) in [6, 6.07) is 3.69. The Morgan fingerprint density at radius 2 is 2.38 bits per heavy atom. The largest absolute Gasteiger partial charge is 0.385 e. The van der Waals surface area contributed by atoms with Gasteiger partial charge in [-0.2, -0.15) is 5.26 Å². The lowest BCUT2D eigenvalue weighted by molar-refractivity contribution is 1.09. The van der Waals surface area contributed by atoms with Crippen molar-refractivity contribution in [2.45, 2.75) is 6.92 Å². The number of nitrogen functional groups attached to an aromatic ring is 1. The Hall–Kier alpha value is -2.09. The molecule has 0 unspecified atom stereocenters. The number of aromatic nitrogens is 3. The molecule has 5 heteroatoms. The number of aryl methyl sites for hydroxylation is 1. The SMILES string of the molecule is Cc1cc(N)n2cnc(C#N)c2n1. The number of rotatable bonds is 0. The quantitative estimate of drug-likeness (QED) is 0.628. The Kier molecular flexibility index (Phi) is 1.43. The summed E-state index contributed by atoms with van der Waals surface area (Å²) in [5.41, 5.74) is 7.29. The summed E-state index contributed by atoms with van der Waals surface area (Å²) in [5, 5.41) is 8.70. The van der Waals surface area contributed by atoms with E-state index < -0.39 is 0 Å². The number of hydrogen-bond donors (Lipinski definition) is 1. The van der Waals surface area contributed by atoms with Crippen LogP contribution in [0.15, 0.2) is 12.4 Å². The van der Waals surface area contributed by atoms with E-state index in [1.165, 1.54) is 6.33 Å². The van der Waals surface area contributed by atoms with Crippen LogP contribution in [0.2, 0.25) is 0 Å². The molecule has 0 atom stereocenters. The van der Waals surface area contributed by atoms with Crippen molar-refractivity contribution >= 4 is 11.5 Å². The average Bonchev–Trinajstić information content (AvgIpc) is 2.47. The molecule has 2 aromatic rings. The van der Waals surface area contributed by atoms with Crippen LogP contribution in [-0.2, 0) is 0 Å². The van der Waals surface area contributed by atoms with Crippen LogP contribution in [0.5, 0.6) is 0 Å². The van der Waals surface area contributed by atoms with Gasteiger partial charge in [0, 0.05) is 11.8 Å². The monoisotopic (exact) mass is 173 g/mol. The molecule has 0 spiro atoms. The minimum absolute atomic E-state index is 0.301. The molecule has 2 N–H and O–H groups in total. The summed E-state index contributed by atoms with van der Waals surface area (Å²) >= 11 is 0. The molecule has 64 valence electrons. The van der Waals surface area contributed by atoms with E-state index in [-0.39, 0.29) is 0 Å². The van der Waals surface area contributed by atoms with Gasteiger partial charge in [0.1, 0.15) is 18.2 Å². The van der Waals surface area contributed by atoms with Crippen molar-refractivity contribution in [1.82, 2.24) is 14.4 Å². The first-order valence-electron chi connectivity index (χ1n) is 3.72. The third-order valence-corrected chi connectivity index (χ3v) is 1.77. The molecular formula is C8H7N5. The number of nitrogens with two attached hydrogens (primary N) is 1. The number of imidazole rings is 1. The molecule has 5 nitrogen and oxygen atoms in total. The fraction of sp³-hybridized carbons (Fsp3) is 0.125. The second-order valence-electron chi connectivity index (χ2n) is 2.72. The summed E-state index contributed by atoms with van der Waals surface area (Å²) in [4.78, 5) is 8.04. The van der Waals surface area contributed by atoms with Crippen LogP contribution in [0.4, 0.5) is 5.82 Å². The number of anilines is 1. The molecule has 0 aliphatic rings. The number of fused-ring (bicyclic) bond motifs is 1. The topological polar surface area (TPSA) is 80.0 Å². The van der Waals surface area contributed by atoms with Crippen molar-refractivity contribution in [2.24, 2.45) is 0 Å². The van der Waals surface area contributed by atoms with Gasteiger partial charge in [0.15, 0.2) is 11.3 Å². The lowest BCUT2D eigenvalue weighted by Gasteiger charge is -1.99. The molecule has 0 radical (unpaired) electrons. The van der Waals surface area contributed by atoms with Crippen molar-refractivity contribution in [3.05, 3.63) is 23.8 Å². The van der Waals surface area contributed by atoms with Gasteiger partial charge in [0.25, 0.3) is 0 Å². The molecule has 2 heterocycles. The zero-order chi connectivity index (χ0) is 9.42. The predicted octanol–water partition coefficient (Wildman–Crippen LogP) is 0.492. The molecule has 0 bridgehead atoms. The first-order valence-corrected chi connectivity index (χ1v) is 3.72. The molecular weight excluding hydrogens is 166 g/mol. The highest BCUT2D eigenvalue weighted by atomic mass is 15.1. The zero-order valence-electron chi connectivity index (χ0n) is 7.02. The van der Waals surface area contributed by atoms with Crippen LogP contribution in [0.3, 0.4) is 0 Å². The maximum absolute atomic E-state index is 8.70. The molecule has 0 aromatic carbocycles. The summed E-state index contributed by atoms with van der Waals surface area (Å²) in [6.45, 7) is 1.82. The minimum Gasteiger partial charge on any atom is -0.385 e. The van der Waals surface area contributed by atoms with Crippen molar-refractivity contribution < 1.29 is 0 Å². The normalized spacial score (nSPS) is 10.2. The molecule has 0 amide bonds. The Labute approximate surface area is 74.5 Å². The van der Waals surface area contributed by atoms with Crippen molar-refractivity contribution in [1.29, 1.82) is 5.26 Å². The standard InChI is InChI=1S/C8H7N5/c1-5-2-7(10)13-4-11-6(3-9)8(13)12-5/h2,4H,10H2,1H3. The van der Waals surface area contributed by atoms with Crippen LogP contribution in [-0.4, -0.2) is 14.4 Å². The average molecular weight is 173 g/mol. The van der Waals surface area contributed by atoms with Gasteiger partial charge in [0.2, 0.25) is 0 Å². The second-order valence-corrected chi connectivity index (χ2v) is 2.72. The Balaban J connectivity index is 2.92. The number of nitriles is 1. The van der Waals surface area contributed by atoms with Crippen molar-refractivity contribution in [2.75, 3.05) is 5.73 Å². The molecule has 0 aliphatic heterocycles. The van der Waals surface area contributed by atoms with Gasteiger partial charge < -0.3 is 5.73 Å². The number of nitrogens with zero attached hydrogens (tertiary/aromatic N) is 4. The molecule has 0 fully saturated rings. The maximum Gasteiger partial charge on any atom is 0.185 e. The van der Waals surface area contributed by atoms with Crippen LogP contribution in [0, 0.1) is 18.3 Å². The summed E-state index contributed by atoms with van der Waals surface area (Å²) < 4.78 is 1.59. The lowest BCUT2D eigenvalue weighted by Crippen LogP contribution is -1.99. The van der Waals surface area contributed by atoms with Crippen LogP contribution >= 0.6 is 0 Å². The second kappa shape index (κ2) is 2.45. The first kappa shape index (κ1) is 7.55. The van der Waals surface area contributed by atoms with E-state index in [0.717, 1.165) is 5.69 Å². The molecule has 0 saturated heterocycles. The number of hydrogen-bond acceptors (Lipinski definition) is 4. The summed E-state index contributed by atoms with van der Waals surface area (Å²) in [7, 11) is 0. The van der Waals surface area contributed by atoms with Crippen LogP contribution in [0.25, 0.3) is 5.65 Å². The molecule has 2 aromatic heterocycles. The van der Waals surface area contributed by atoms with Gasteiger partial charge in [-0.05, 0) is 6.92 Å². The zero-order valence-corrected chi connectivity index (χ0v) is 7.02. The Morgan fingerprint density at radius 1 is 1.62 bits per heavy atom. The van der Waals surface area contributed by atoms with Gasteiger partial charge in [0.05, 0.1) is 0 Å². The van der Waals surface area contributed by atoms with E-state index >= 15 is 0 Å². The molecule has 13 heavy (non-hydrogen) atoms. The van der Waals surface area contributed by atoms with E-state index in [9.17, 15) is 0 Å². The van der Waals surface area contributed by atoms with Gasteiger partial charge in [-0.15, -0.1) is 0 Å². The van der Waals surface area contributed by atoms with Gasteiger partial charge in [-0.1, -0.05) is 0 Å². The van der Waals surface area contributed by atoms with E-state index in [0.29, 0.717) is 17.2 Å². The highest BCUT2D eigenvalue weighted by Gasteiger charge is 2.06. The van der Waals surface area contributed by atoms with E-state index in [1.807, 2.05) is 13.0 Å². The molecule has 0 aliphatic carbocycles. The van der Waals surface area contributed by atoms with E-state index in [4.69, 9.17) is 11.0 Å². The Morgan fingerprint density at radius 3 is 3.08 bits per heavy atom. The smallest absolute Gasteiger partial charge is 0.185 e.